The van der Waals surface area contributed by atoms with Gasteiger partial charge in [0.15, 0.2) is 0 Å². The Labute approximate surface area is 158 Å². The molecule has 0 aliphatic carbocycles. The van der Waals surface area contributed by atoms with Crippen molar-refractivity contribution in [3.63, 3.8) is 0 Å². The number of para-hydroxylation sites is 1. The van der Waals surface area contributed by atoms with Crippen molar-refractivity contribution in [1.82, 2.24) is 9.88 Å². The fourth-order valence-corrected chi connectivity index (χ4v) is 3.11. The Bertz CT molecular complexity index is 1010. The van der Waals surface area contributed by atoms with E-state index in [-0.39, 0.29) is 23.9 Å². The lowest BCUT2D eigenvalue weighted by molar-refractivity contribution is 0.0721. The molecule has 0 saturated heterocycles. The quantitative estimate of drug-likeness (QED) is 0.723. The molecule has 2 aromatic carbocycles. The maximum absolute atomic E-state index is 13.1. The summed E-state index contributed by atoms with van der Waals surface area (Å²) in [7, 11) is 1.57. The number of ether oxygens (including phenoxy) is 1. The summed E-state index contributed by atoms with van der Waals surface area (Å²) in [5, 5.41) is 0.949. The number of carbonyl (C=O) groups excluding carboxylic acids is 1. The smallest absolute Gasteiger partial charge is 0.254 e. The molecule has 3 aromatic rings. The van der Waals surface area contributed by atoms with Gasteiger partial charge in [-0.2, -0.15) is 0 Å². The van der Waals surface area contributed by atoms with Crippen molar-refractivity contribution in [1.29, 1.82) is 0 Å². The Morgan fingerprint density at radius 1 is 1.11 bits per heavy atom. The molecular weight excluding hydrogens is 340 g/mol. The van der Waals surface area contributed by atoms with Gasteiger partial charge in [0.2, 0.25) is 0 Å². The summed E-state index contributed by atoms with van der Waals surface area (Å²) in [6.45, 7) is 4.92. The Kier molecular flexibility index (Phi) is 5.60. The molecule has 27 heavy (non-hydrogen) atoms. The van der Waals surface area contributed by atoms with Crippen molar-refractivity contribution in [2.24, 2.45) is 5.92 Å². The predicted molar refractivity (Wildman–Crippen MR) is 107 cm³/mol. The number of hydrogen-bond acceptors (Lipinski definition) is 3. The van der Waals surface area contributed by atoms with Gasteiger partial charge in [-0.1, -0.05) is 38.1 Å². The predicted octanol–water partition coefficient (Wildman–Crippen LogP) is 3.84. The third kappa shape index (κ3) is 4.37. The van der Waals surface area contributed by atoms with Crippen molar-refractivity contribution in [3.8, 4) is 5.75 Å². The molecule has 5 nitrogen and oxygen atoms in total. The second-order valence-electron chi connectivity index (χ2n) is 7.02. The largest absolute Gasteiger partial charge is 0.497 e. The summed E-state index contributed by atoms with van der Waals surface area (Å²) < 4.78 is 5.23. The molecule has 0 radical (unpaired) electrons. The molecule has 1 amide bonds. The Morgan fingerprint density at radius 2 is 1.89 bits per heavy atom. The molecule has 1 N–H and O–H groups in total. The molecule has 0 aliphatic heterocycles. The highest BCUT2D eigenvalue weighted by Crippen LogP contribution is 2.17. The van der Waals surface area contributed by atoms with E-state index in [9.17, 15) is 9.59 Å². The highest BCUT2D eigenvalue weighted by molar-refractivity contribution is 5.94. The van der Waals surface area contributed by atoms with Gasteiger partial charge in [0.1, 0.15) is 5.75 Å². The van der Waals surface area contributed by atoms with Gasteiger partial charge in [-0.15, -0.1) is 0 Å². The van der Waals surface area contributed by atoms with Gasteiger partial charge in [-0.05, 0) is 41.6 Å². The number of fused-ring (bicyclic) bond motifs is 1. The highest BCUT2D eigenvalue weighted by Gasteiger charge is 2.19. The lowest BCUT2D eigenvalue weighted by Crippen LogP contribution is -2.35. The zero-order chi connectivity index (χ0) is 19.4. The van der Waals surface area contributed by atoms with Gasteiger partial charge in [-0.25, -0.2) is 0 Å². The third-order valence-electron chi connectivity index (χ3n) is 4.38. The Morgan fingerprint density at radius 3 is 2.63 bits per heavy atom. The van der Waals surface area contributed by atoms with Gasteiger partial charge in [0.25, 0.3) is 11.5 Å². The normalized spacial score (nSPS) is 11.0. The summed E-state index contributed by atoms with van der Waals surface area (Å²) in [6, 6.07) is 16.6. The van der Waals surface area contributed by atoms with Crippen LogP contribution in [0.2, 0.25) is 0 Å². The molecular formula is C22H24N2O3. The van der Waals surface area contributed by atoms with Crippen LogP contribution in [0.1, 0.15) is 29.8 Å². The first kappa shape index (κ1) is 18.7. The molecule has 1 heterocycles. The number of H-pyrrole nitrogens is 1. The summed E-state index contributed by atoms with van der Waals surface area (Å²) in [5.74, 6) is 0.795. The SMILES string of the molecule is COc1cccc(C(=O)N(Cc2cc3ccccc3[nH]c2=O)CC(C)C)c1. The number of aromatic nitrogens is 1. The van der Waals surface area contributed by atoms with Gasteiger partial charge < -0.3 is 14.6 Å². The van der Waals surface area contributed by atoms with Crippen molar-refractivity contribution in [2.45, 2.75) is 20.4 Å². The van der Waals surface area contributed by atoms with E-state index in [2.05, 4.69) is 18.8 Å². The van der Waals surface area contributed by atoms with Crippen LogP contribution in [-0.2, 0) is 6.54 Å². The lowest BCUT2D eigenvalue weighted by atomic mass is 10.1. The first-order valence-electron chi connectivity index (χ1n) is 9.02. The number of pyridine rings is 1. The number of nitrogens with zero attached hydrogens (tertiary/aromatic N) is 1. The molecule has 0 spiro atoms. The molecule has 0 fully saturated rings. The van der Waals surface area contributed by atoms with Gasteiger partial charge in [0, 0.05) is 23.2 Å². The van der Waals surface area contributed by atoms with Crippen LogP contribution in [0.3, 0.4) is 0 Å². The number of benzene rings is 2. The summed E-state index contributed by atoms with van der Waals surface area (Å²) in [4.78, 5) is 30.2. The third-order valence-corrected chi connectivity index (χ3v) is 4.38. The average molecular weight is 364 g/mol. The number of carbonyl (C=O) groups is 1. The molecule has 1 aromatic heterocycles. The summed E-state index contributed by atoms with van der Waals surface area (Å²) in [5.41, 5.74) is 1.75. The van der Waals surface area contributed by atoms with E-state index in [0.717, 1.165) is 10.9 Å². The second-order valence-corrected chi connectivity index (χ2v) is 7.02. The van der Waals surface area contributed by atoms with Gasteiger partial charge >= 0.3 is 0 Å². The Balaban J connectivity index is 1.94. The molecule has 0 unspecified atom stereocenters. The van der Waals surface area contributed by atoms with Crippen LogP contribution in [0.25, 0.3) is 10.9 Å². The fourth-order valence-electron chi connectivity index (χ4n) is 3.11. The van der Waals surface area contributed by atoms with E-state index >= 15 is 0 Å². The molecule has 0 atom stereocenters. The molecule has 0 aliphatic rings. The number of methoxy groups -OCH3 is 1. The maximum Gasteiger partial charge on any atom is 0.254 e. The standard InChI is InChI=1S/C22H24N2O3/c1-15(2)13-24(22(26)17-8-6-9-19(12-17)27-3)14-18-11-16-7-4-5-10-20(16)23-21(18)25/h4-12,15H,13-14H2,1-3H3,(H,23,25). The zero-order valence-electron chi connectivity index (χ0n) is 15.9. The topological polar surface area (TPSA) is 62.4 Å². The van der Waals surface area contributed by atoms with Crippen LogP contribution in [-0.4, -0.2) is 29.4 Å². The molecule has 0 bridgehead atoms. The lowest BCUT2D eigenvalue weighted by Gasteiger charge is -2.25. The van der Waals surface area contributed by atoms with Crippen molar-refractivity contribution < 1.29 is 9.53 Å². The van der Waals surface area contributed by atoms with Crippen LogP contribution < -0.4 is 10.3 Å². The van der Waals surface area contributed by atoms with Crippen LogP contribution >= 0.6 is 0 Å². The fraction of sp³-hybridized carbons (Fsp3) is 0.273. The van der Waals surface area contributed by atoms with Crippen LogP contribution in [0.5, 0.6) is 5.75 Å². The number of hydrogen-bond donors (Lipinski definition) is 1. The molecule has 140 valence electrons. The van der Waals surface area contributed by atoms with E-state index in [1.54, 1.807) is 36.3 Å². The number of amides is 1. The van der Waals surface area contributed by atoms with Gasteiger partial charge in [-0.3, -0.25) is 9.59 Å². The number of aromatic amines is 1. The molecule has 3 rings (SSSR count). The average Bonchev–Trinajstić information content (AvgIpc) is 2.67. The van der Waals surface area contributed by atoms with Crippen LogP contribution in [0, 0.1) is 5.92 Å². The first-order valence-corrected chi connectivity index (χ1v) is 9.02. The van der Waals surface area contributed by atoms with Crippen molar-refractivity contribution in [3.05, 3.63) is 76.1 Å². The minimum absolute atomic E-state index is 0.116. The van der Waals surface area contributed by atoms with Crippen LogP contribution in [0.4, 0.5) is 0 Å². The Hall–Kier alpha value is -3.08. The molecule has 0 saturated carbocycles. The maximum atomic E-state index is 13.1. The second kappa shape index (κ2) is 8.08. The van der Waals surface area contributed by atoms with Crippen molar-refractivity contribution in [2.75, 3.05) is 13.7 Å². The van der Waals surface area contributed by atoms with E-state index in [0.29, 0.717) is 23.4 Å². The number of nitrogens with one attached hydrogen (secondary N) is 1. The van der Waals surface area contributed by atoms with E-state index < -0.39 is 0 Å². The molecule has 5 heteroatoms. The van der Waals surface area contributed by atoms with E-state index in [4.69, 9.17) is 4.74 Å². The van der Waals surface area contributed by atoms with E-state index in [1.807, 2.05) is 30.3 Å². The monoisotopic (exact) mass is 364 g/mol. The van der Waals surface area contributed by atoms with Crippen LogP contribution in [0.15, 0.2) is 59.4 Å². The summed E-state index contributed by atoms with van der Waals surface area (Å²) in [6.07, 6.45) is 0. The van der Waals surface area contributed by atoms with Crippen molar-refractivity contribution >= 4 is 16.8 Å². The highest BCUT2D eigenvalue weighted by atomic mass is 16.5. The summed E-state index contributed by atoms with van der Waals surface area (Å²) >= 11 is 0. The van der Waals surface area contributed by atoms with Gasteiger partial charge in [0.05, 0.1) is 13.7 Å². The first-order chi connectivity index (χ1) is 13.0. The van der Waals surface area contributed by atoms with E-state index in [1.165, 1.54) is 0 Å². The minimum atomic E-state index is -0.166. The zero-order valence-corrected chi connectivity index (χ0v) is 15.9. The minimum Gasteiger partial charge on any atom is -0.497 e. The number of rotatable bonds is 6.